The van der Waals surface area contributed by atoms with Crippen LogP contribution in [0, 0.1) is 18.6 Å². The molecule has 0 aliphatic carbocycles. The molecule has 0 saturated carbocycles. The molecule has 0 aliphatic heterocycles. The van der Waals surface area contributed by atoms with Gasteiger partial charge in [0.25, 0.3) is 5.56 Å². The van der Waals surface area contributed by atoms with E-state index in [-0.39, 0.29) is 12.2 Å². The maximum atomic E-state index is 13.3. The summed E-state index contributed by atoms with van der Waals surface area (Å²) in [4.78, 5) is 24.9. The van der Waals surface area contributed by atoms with E-state index in [9.17, 15) is 18.4 Å². The fourth-order valence-electron chi connectivity index (χ4n) is 2.95. The summed E-state index contributed by atoms with van der Waals surface area (Å²) >= 11 is 0. The van der Waals surface area contributed by atoms with Crippen LogP contribution in [0.25, 0.3) is 16.8 Å². The molecule has 0 saturated heterocycles. The highest BCUT2D eigenvalue weighted by Gasteiger charge is 2.12. The molecule has 0 bridgehead atoms. The monoisotopic (exact) mass is 394 g/mol. The molecule has 0 fully saturated rings. The van der Waals surface area contributed by atoms with E-state index in [1.807, 2.05) is 31.2 Å². The van der Waals surface area contributed by atoms with Crippen LogP contribution >= 0.6 is 0 Å². The predicted molar refractivity (Wildman–Crippen MR) is 105 cm³/mol. The van der Waals surface area contributed by atoms with Crippen molar-refractivity contribution in [2.24, 2.45) is 0 Å². The molecule has 4 aromatic rings. The van der Waals surface area contributed by atoms with Crippen LogP contribution in [0.4, 0.5) is 14.5 Å². The number of anilines is 1. The third-order valence-electron chi connectivity index (χ3n) is 4.47. The predicted octanol–water partition coefficient (Wildman–Crippen LogP) is 3.39. The quantitative estimate of drug-likeness (QED) is 0.577. The summed E-state index contributed by atoms with van der Waals surface area (Å²) in [6, 6.07) is 12.5. The molecule has 1 N–H and O–H groups in total. The van der Waals surface area contributed by atoms with Gasteiger partial charge in [0.2, 0.25) is 5.91 Å². The summed E-state index contributed by atoms with van der Waals surface area (Å²) in [7, 11) is 0. The molecule has 0 atom stereocenters. The number of rotatable bonds is 4. The molecular formula is C21H16F2N4O2. The Hall–Kier alpha value is -3.81. The molecule has 8 heteroatoms. The van der Waals surface area contributed by atoms with Crippen molar-refractivity contribution in [2.75, 3.05) is 5.32 Å². The van der Waals surface area contributed by atoms with Gasteiger partial charge in [0.1, 0.15) is 12.1 Å². The molecule has 2 aromatic heterocycles. The third kappa shape index (κ3) is 3.77. The van der Waals surface area contributed by atoms with E-state index < -0.39 is 23.1 Å². The number of hydrogen-bond acceptors (Lipinski definition) is 3. The first kappa shape index (κ1) is 18.5. The summed E-state index contributed by atoms with van der Waals surface area (Å²) in [5, 5.41) is 6.85. The van der Waals surface area contributed by atoms with Crippen molar-refractivity contribution in [3.63, 3.8) is 0 Å². The Bertz CT molecular complexity index is 1280. The molecule has 4 rings (SSSR count). The minimum Gasteiger partial charge on any atom is -0.324 e. The lowest BCUT2D eigenvalue weighted by Crippen LogP contribution is -2.28. The van der Waals surface area contributed by atoms with Gasteiger partial charge >= 0.3 is 0 Å². The number of amides is 1. The highest BCUT2D eigenvalue weighted by molar-refractivity contribution is 5.90. The van der Waals surface area contributed by atoms with E-state index in [0.29, 0.717) is 11.2 Å². The average Bonchev–Trinajstić information content (AvgIpc) is 3.13. The molecule has 0 unspecified atom stereocenters. The molecule has 2 heterocycles. The van der Waals surface area contributed by atoms with Gasteiger partial charge in [-0.05, 0) is 25.1 Å². The zero-order valence-corrected chi connectivity index (χ0v) is 15.4. The number of aromatic nitrogens is 3. The highest BCUT2D eigenvalue weighted by Crippen LogP contribution is 2.19. The van der Waals surface area contributed by atoms with Gasteiger partial charge in [0.15, 0.2) is 11.6 Å². The maximum Gasteiger partial charge on any atom is 0.277 e. The van der Waals surface area contributed by atoms with E-state index >= 15 is 0 Å². The summed E-state index contributed by atoms with van der Waals surface area (Å²) in [5.41, 5.74) is 2.68. The fraction of sp³-hybridized carbons (Fsp3) is 0.0952. The van der Waals surface area contributed by atoms with Gasteiger partial charge in [0.05, 0.1) is 5.69 Å². The van der Waals surface area contributed by atoms with Crippen LogP contribution in [-0.2, 0) is 11.3 Å². The third-order valence-corrected chi connectivity index (χ3v) is 4.47. The topological polar surface area (TPSA) is 68.4 Å². The zero-order chi connectivity index (χ0) is 20.5. The molecular weight excluding hydrogens is 378 g/mol. The smallest absolute Gasteiger partial charge is 0.277 e. The van der Waals surface area contributed by atoms with Gasteiger partial charge < -0.3 is 9.88 Å². The normalized spacial score (nSPS) is 11.0. The Morgan fingerprint density at radius 2 is 1.79 bits per heavy atom. The van der Waals surface area contributed by atoms with E-state index in [4.69, 9.17) is 0 Å². The second kappa shape index (κ2) is 7.31. The van der Waals surface area contributed by atoms with E-state index in [2.05, 4.69) is 10.4 Å². The van der Waals surface area contributed by atoms with Crippen LogP contribution in [0.3, 0.4) is 0 Å². The van der Waals surface area contributed by atoms with Gasteiger partial charge in [-0.25, -0.2) is 13.3 Å². The lowest BCUT2D eigenvalue weighted by Gasteiger charge is -2.08. The summed E-state index contributed by atoms with van der Waals surface area (Å²) in [6.45, 7) is 1.71. The van der Waals surface area contributed by atoms with E-state index in [1.54, 1.807) is 12.3 Å². The molecule has 29 heavy (non-hydrogen) atoms. The molecule has 6 nitrogen and oxygen atoms in total. The fourth-order valence-corrected chi connectivity index (χ4v) is 2.95. The first-order valence-electron chi connectivity index (χ1n) is 8.81. The van der Waals surface area contributed by atoms with Crippen LogP contribution in [0.5, 0.6) is 0 Å². The van der Waals surface area contributed by atoms with Gasteiger partial charge in [-0.1, -0.05) is 29.8 Å². The number of aryl methyl sites for hydroxylation is 1. The summed E-state index contributed by atoms with van der Waals surface area (Å²) in [5.74, 6) is -2.61. The van der Waals surface area contributed by atoms with Crippen molar-refractivity contribution in [3.05, 3.63) is 88.5 Å². The second-order valence-electron chi connectivity index (χ2n) is 6.63. The Kier molecular flexibility index (Phi) is 4.67. The first-order valence-corrected chi connectivity index (χ1v) is 8.81. The number of carbonyl (C=O) groups is 1. The second-order valence-corrected chi connectivity index (χ2v) is 6.63. The van der Waals surface area contributed by atoms with Crippen molar-refractivity contribution in [3.8, 4) is 11.3 Å². The van der Waals surface area contributed by atoms with Gasteiger partial charge in [-0.15, -0.1) is 0 Å². The van der Waals surface area contributed by atoms with Crippen LogP contribution in [0.15, 0.2) is 65.7 Å². The zero-order valence-electron chi connectivity index (χ0n) is 15.4. The lowest BCUT2D eigenvalue weighted by molar-refractivity contribution is -0.116. The average molecular weight is 394 g/mol. The Labute approximate surface area is 164 Å². The van der Waals surface area contributed by atoms with Gasteiger partial charge in [-0.2, -0.15) is 5.10 Å². The van der Waals surface area contributed by atoms with Crippen LogP contribution in [-0.4, -0.2) is 20.1 Å². The van der Waals surface area contributed by atoms with Crippen molar-refractivity contribution in [2.45, 2.75) is 13.5 Å². The largest absolute Gasteiger partial charge is 0.324 e. The minimum absolute atomic E-state index is 0.106. The number of nitrogens with zero attached hydrogens (tertiary/aromatic N) is 3. The maximum absolute atomic E-state index is 13.3. The Balaban J connectivity index is 1.58. The van der Waals surface area contributed by atoms with Gasteiger partial charge in [0, 0.05) is 29.7 Å². The Morgan fingerprint density at radius 1 is 1.03 bits per heavy atom. The van der Waals surface area contributed by atoms with Crippen LogP contribution in [0.2, 0.25) is 0 Å². The van der Waals surface area contributed by atoms with Crippen molar-refractivity contribution in [1.82, 2.24) is 14.2 Å². The standard InChI is InChI=1S/C21H16F2N4O2/c1-13-2-4-14(5-3-13)18-11-19-21(29)26(8-9-27(19)25-18)12-20(28)24-15-6-7-16(22)17(23)10-15/h2-11H,12H2,1H3,(H,24,28). The number of benzene rings is 2. The first-order chi connectivity index (χ1) is 13.9. The van der Waals surface area contributed by atoms with Crippen LogP contribution < -0.4 is 10.9 Å². The molecule has 0 radical (unpaired) electrons. The number of nitrogens with one attached hydrogen (secondary N) is 1. The molecule has 146 valence electrons. The van der Waals surface area contributed by atoms with Gasteiger partial charge in [-0.3, -0.25) is 9.59 Å². The Morgan fingerprint density at radius 3 is 2.52 bits per heavy atom. The van der Waals surface area contributed by atoms with Crippen molar-refractivity contribution < 1.29 is 13.6 Å². The van der Waals surface area contributed by atoms with Crippen molar-refractivity contribution in [1.29, 1.82) is 0 Å². The van der Waals surface area contributed by atoms with E-state index in [0.717, 1.165) is 23.3 Å². The minimum atomic E-state index is -1.07. The molecule has 2 aromatic carbocycles. The summed E-state index contributed by atoms with van der Waals surface area (Å²) in [6.07, 6.45) is 3.03. The summed E-state index contributed by atoms with van der Waals surface area (Å²) < 4.78 is 28.9. The number of carbonyl (C=O) groups excluding carboxylic acids is 1. The van der Waals surface area contributed by atoms with Crippen LogP contribution in [0.1, 0.15) is 5.56 Å². The van der Waals surface area contributed by atoms with E-state index in [1.165, 1.54) is 21.3 Å². The molecule has 0 aliphatic rings. The molecule has 0 spiro atoms. The number of fused-ring (bicyclic) bond motifs is 1. The lowest BCUT2D eigenvalue weighted by atomic mass is 10.1. The number of hydrogen-bond donors (Lipinski definition) is 1. The molecule has 1 amide bonds. The number of halogens is 2. The SMILES string of the molecule is Cc1ccc(-c2cc3c(=O)n(CC(=O)Nc4ccc(F)c(F)c4)ccn3n2)cc1. The highest BCUT2D eigenvalue weighted by atomic mass is 19.2. The van der Waals surface area contributed by atoms with Crippen molar-refractivity contribution >= 4 is 17.1 Å².